The first-order valence-corrected chi connectivity index (χ1v) is 7.03. The number of nitrogens with zero attached hydrogens (tertiary/aromatic N) is 4. The zero-order chi connectivity index (χ0) is 13.5. The van der Waals surface area contributed by atoms with Gasteiger partial charge in [-0.1, -0.05) is 0 Å². The Balaban J connectivity index is 1.90. The summed E-state index contributed by atoms with van der Waals surface area (Å²) in [5.41, 5.74) is 0.795. The van der Waals surface area contributed by atoms with Crippen molar-refractivity contribution in [3.05, 3.63) is 28.8 Å². The highest BCUT2D eigenvalue weighted by atomic mass is 16.5. The number of rotatable bonds is 2. The topological polar surface area (TPSA) is 60.3 Å². The van der Waals surface area contributed by atoms with Gasteiger partial charge in [0, 0.05) is 25.2 Å². The second-order valence-electron chi connectivity index (χ2n) is 5.31. The predicted octanol–water partition coefficient (Wildman–Crippen LogP) is 0.963. The second-order valence-corrected chi connectivity index (χ2v) is 5.31. The minimum atomic E-state index is 0.0339. The Labute approximate surface area is 116 Å². The Morgan fingerprint density at radius 2 is 1.95 bits per heavy atom. The number of ether oxygens (including phenoxy) is 1. The lowest BCUT2D eigenvalue weighted by molar-refractivity contribution is 0.122. The fourth-order valence-corrected chi connectivity index (χ4v) is 2.77. The molecular weight excluding hydrogens is 256 g/mol. The van der Waals surface area contributed by atoms with Gasteiger partial charge in [-0.05, 0) is 18.9 Å². The van der Waals surface area contributed by atoms with Crippen LogP contribution in [0.4, 0.5) is 5.82 Å². The highest BCUT2D eigenvalue weighted by molar-refractivity contribution is 5.87. The quantitative estimate of drug-likeness (QED) is 0.815. The van der Waals surface area contributed by atoms with Crippen LogP contribution in [-0.4, -0.2) is 40.8 Å². The van der Waals surface area contributed by atoms with Gasteiger partial charge in [-0.25, -0.2) is 9.97 Å². The summed E-state index contributed by atoms with van der Waals surface area (Å²) in [5, 5.41) is 0.959. The Kier molecular flexibility index (Phi) is 2.70. The number of hydrogen-bond acceptors (Lipinski definition) is 5. The van der Waals surface area contributed by atoms with Crippen LogP contribution >= 0.6 is 0 Å². The maximum absolute atomic E-state index is 12.1. The van der Waals surface area contributed by atoms with Crippen molar-refractivity contribution in [2.75, 3.05) is 31.2 Å². The number of aromatic nitrogens is 3. The number of fused-ring (bicyclic) bond motifs is 1. The van der Waals surface area contributed by atoms with E-state index in [4.69, 9.17) is 4.74 Å². The molecule has 0 bridgehead atoms. The van der Waals surface area contributed by atoms with E-state index in [2.05, 4.69) is 14.9 Å². The maximum atomic E-state index is 12.1. The van der Waals surface area contributed by atoms with E-state index in [0.717, 1.165) is 42.8 Å². The van der Waals surface area contributed by atoms with Crippen molar-refractivity contribution in [3.8, 4) is 0 Å². The molecule has 4 rings (SSSR count). The standard InChI is InChI=1S/C14H16N4O2/c19-12-4-3-11-13(17-5-7-20-8-6-17)15-9-16-14(11)18(12)10-1-2-10/h3-4,9-10H,1-2,5-8H2. The molecule has 1 saturated heterocycles. The minimum absolute atomic E-state index is 0.0339. The zero-order valence-corrected chi connectivity index (χ0v) is 11.2. The molecule has 0 amide bonds. The summed E-state index contributed by atoms with van der Waals surface area (Å²) in [6.07, 6.45) is 3.69. The molecule has 0 N–H and O–H groups in total. The first-order valence-electron chi connectivity index (χ1n) is 7.03. The summed E-state index contributed by atoms with van der Waals surface area (Å²) < 4.78 is 7.20. The monoisotopic (exact) mass is 272 g/mol. The molecule has 20 heavy (non-hydrogen) atoms. The van der Waals surface area contributed by atoms with Gasteiger partial charge in [0.2, 0.25) is 0 Å². The smallest absolute Gasteiger partial charge is 0.252 e. The molecule has 0 spiro atoms. The summed E-state index contributed by atoms with van der Waals surface area (Å²) in [6.45, 7) is 3.09. The fourth-order valence-electron chi connectivity index (χ4n) is 2.77. The third kappa shape index (κ3) is 1.87. The van der Waals surface area contributed by atoms with E-state index in [1.807, 2.05) is 10.6 Å². The lowest BCUT2D eigenvalue weighted by atomic mass is 10.2. The Morgan fingerprint density at radius 1 is 1.15 bits per heavy atom. The number of morpholine rings is 1. The normalized spacial score (nSPS) is 19.5. The fraction of sp³-hybridized carbons (Fsp3) is 0.500. The van der Waals surface area contributed by atoms with Gasteiger partial charge < -0.3 is 9.64 Å². The molecule has 1 saturated carbocycles. The van der Waals surface area contributed by atoms with Gasteiger partial charge in [-0.15, -0.1) is 0 Å². The third-order valence-corrected chi connectivity index (χ3v) is 3.92. The summed E-state index contributed by atoms with van der Waals surface area (Å²) >= 11 is 0. The molecule has 1 aliphatic carbocycles. The van der Waals surface area contributed by atoms with E-state index >= 15 is 0 Å². The molecule has 0 aromatic carbocycles. The number of hydrogen-bond donors (Lipinski definition) is 0. The summed E-state index contributed by atoms with van der Waals surface area (Å²) in [4.78, 5) is 23.1. The van der Waals surface area contributed by atoms with Gasteiger partial charge in [-0.3, -0.25) is 9.36 Å². The van der Waals surface area contributed by atoms with Gasteiger partial charge in [0.15, 0.2) is 0 Å². The van der Waals surface area contributed by atoms with E-state index < -0.39 is 0 Å². The van der Waals surface area contributed by atoms with Crippen molar-refractivity contribution in [3.63, 3.8) is 0 Å². The SMILES string of the molecule is O=c1ccc2c(N3CCOCC3)ncnc2n1C1CC1. The molecule has 3 heterocycles. The van der Waals surface area contributed by atoms with Crippen molar-refractivity contribution in [1.29, 1.82) is 0 Å². The zero-order valence-electron chi connectivity index (χ0n) is 11.2. The highest BCUT2D eigenvalue weighted by Crippen LogP contribution is 2.36. The Morgan fingerprint density at radius 3 is 2.70 bits per heavy atom. The highest BCUT2D eigenvalue weighted by Gasteiger charge is 2.27. The average Bonchev–Trinajstić information content (AvgIpc) is 3.32. The van der Waals surface area contributed by atoms with Crippen LogP contribution in [0.1, 0.15) is 18.9 Å². The summed E-state index contributed by atoms with van der Waals surface area (Å²) in [6, 6.07) is 3.80. The first-order chi connectivity index (χ1) is 9.84. The number of pyridine rings is 1. The molecule has 0 unspecified atom stereocenters. The molecule has 6 nitrogen and oxygen atoms in total. The van der Waals surface area contributed by atoms with Crippen molar-refractivity contribution >= 4 is 16.9 Å². The second kappa shape index (κ2) is 4.56. The van der Waals surface area contributed by atoms with Gasteiger partial charge in [-0.2, -0.15) is 0 Å². The molecule has 2 aliphatic rings. The van der Waals surface area contributed by atoms with Crippen molar-refractivity contribution in [1.82, 2.24) is 14.5 Å². The summed E-state index contributed by atoms with van der Waals surface area (Å²) in [5.74, 6) is 0.910. The van der Waals surface area contributed by atoms with Gasteiger partial charge in [0.25, 0.3) is 5.56 Å². The molecule has 2 fully saturated rings. The molecule has 6 heteroatoms. The molecule has 1 aliphatic heterocycles. The lowest BCUT2D eigenvalue weighted by Crippen LogP contribution is -2.37. The largest absolute Gasteiger partial charge is 0.378 e. The van der Waals surface area contributed by atoms with Crippen molar-refractivity contribution in [2.45, 2.75) is 18.9 Å². The predicted molar refractivity (Wildman–Crippen MR) is 75.1 cm³/mol. The first kappa shape index (κ1) is 11.8. The molecule has 2 aromatic heterocycles. The lowest BCUT2D eigenvalue weighted by Gasteiger charge is -2.28. The molecule has 2 aromatic rings. The van der Waals surface area contributed by atoms with E-state index in [9.17, 15) is 4.79 Å². The molecular formula is C14H16N4O2. The Hall–Kier alpha value is -1.95. The third-order valence-electron chi connectivity index (χ3n) is 3.92. The molecule has 0 atom stereocenters. The van der Waals surface area contributed by atoms with Crippen LogP contribution in [0.2, 0.25) is 0 Å². The van der Waals surface area contributed by atoms with Crippen LogP contribution in [0.5, 0.6) is 0 Å². The van der Waals surface area contributed by atoms with Crippen LogP contribution < -0.4 is 10.5 Å². The van der Waals surface area contributed by atoms with Crippen LogP contribution in [-0.2, 0) is 4.74 Å². The van der Waals surface area contributed by atoms with E-state index in [0.29, 0.717) is 19.3 Å². The number of anilines is 1. The van der Waals surface area contributed by atoms with Crippen molar-refractivity contribution in [2.24, 2.45) is 0 Å². The van der Waals surface area contributed by atoms with E-state index in [-0.39, 0.29) is 5.56 Å². The minimum Gasteiger partial charge on any atom is -0.378 e. The van der Waals surface area contributed by atoms with Gasteiger partial charge >= 0.3 is 0 Å². The van der Waals surface area contributed by atoms with Crippen LogP contribution in [0.15, 0.2) is 23.3 Å². The van der Waals surface area contributed by atoms with Crippen molar-refractivity contribution < 1.29 is 4.74 Å². The van der Waals surface area contributed by atoms with Crippen LogP contribution in [0.25, 0.3) is 11.0 Å². The van der Waals surface area contributed by atoms with Crippen LogP contribution in [0, 0.1) is 0 Å². The molecule has 0 radical (unpaired) electrons. The molecule has 104 valence electrons. The average molecular weight is 272 g/mol. The van der Waals surface area contributed by atoms with Gasteiger partial charge in [0.1, 0.15) is 17.8 Å². The van der Waals surface area contributed by atoms with E-state index in [1.54, 1.807) is 12.4 Å². The summed E-state index contributed by atoms with van der Waals surface area (Å²) in [7, 11) is 0. The van der Waals surface area contributed by atoms with Crippen LogP contribution in [0.3, 0.4) is 0 Å². The Bertz CT molecular complexity index is 702. The maximum Gasteiger partial charge on any atom is 0.252 e. The van der Waals surface area contributed by atoms with Gasteiger partial charge in [0.05, 0.1) is 18.6 Å². The van der Waals surface area contributed by atoms with E-state index in [1.165, 1.54) is 0 Å².